The number of rotatable bonds is 4. The van der Waals surface area contributed by atoms with Gasteiger partial charge in [0, 0.05) is 5.56 Å². The molecule has 0 atom stereocenters. The van der Waals surface area contributed by atoms with E-state index in [9.17, 15) is 4.79 Å². The van der Waals surface area contributed by atoms with E-state index in [1.807, 2.05) is 18.5 Å². The molecule has 0 saturated heterocycles. The molecular weight excluding hydrogens is 324 g/mol. The lowest BCUT2D eigenvalue weighted by molar-refractivity contribution is 0.102. The molecule has 2 aromatic carbocycles. The van der Waals surface area contributed by atoms with E-state index >= 15 is 0 Å². The van der Waals surface area contributed by atoms with Crippen LogP contribution in [0, 0.1) is 11.5 Å². The molecule has 0 aromatic heterocycles. The zero-order chi connectivity index (χ0) is 17.4. The minimum atomic E-state index is -0.240. The van der Waals surface area contributed by atoms with Gasteiger partial charge in [0.2, 0.25) is 0 Å². The van der Waals surface area contributed by atoms with Crippen LogP contribution in [-0.4, -0.2) is 24.4 Å². The summed E-state index contributed by atoms with van der Waals surface area (Å²) >= 11 is 1.31. The Morgan fingerprint density at radius 2 is 2.00 bits per heavy atom. The Bertz CT molecular complexity index is 785. The van der Waals surface area contributed by atoms with Gasteiger partial charge >= 0.3 is 0 Å². The Labute approximate surface area is 144 Å². The Balaban J connectivity index is 2.30. The number of ether oxygens (including phenoxy) is 1. The van der Waals surface area contributed by atoms with Gasteiger partial charge in [0.1, 0.15) is 5.75 Å². The van der Waals surface area contributed by atoms with Crippen molar-refractivity contribution in [2.75, 3.05) is 18.7 Å². The highest BCUT2D eigenvalue weighted by Gasteiger charge is 2.10. The maximum atomic E-state index is 12.3. The van der Waals surface area contributed by atoms with Crippen molar-refractivity contribution >= 4 is 34.2 Å². The Kier molecular flexibility index (Phi) is 6.23. The number of nitriles is 1. The van der Waals surface area contributed by atoms with Gasteiger partial charge in [-0.25, -0.2) is 4.99 Å². The first-order chi connectivity index (χ1) is 11.7. The number of thioether (sulfide) groups is 1. The number of anilines is 1. The van der Waals surface area contributed by atoms with Gasteiger partial charge in [-0.15, -0.1) is 0 Å². The van der Waals surface area contributed by atoms with E-state index in [4.69, 9.17) is 10.00 Å². The minimum absolute atomic E-state index is 0.240. The third kappa shape index (κ3) is 4.51. The highest BCUT2D eigenvalue weighted by molar-refractivity contribution is 8.13. The van der Waals surface area contributed by atoms with Gasteiger partial charge in [-0.3, -0.25) is 10.1 Å². The topological polar surface area (TPSA) is 86.5 Å². The van der Waals surface area contributed by atoms with Crippen molar-refractivity contribution in [3.63, 3.8) is 0 Å². The fourth-order valence-electron chi connectivity index (χ4n) is 1.94. The van der Waals surface area contributed by atoms with Gasteiger partial charge in [-0.2, -0.15) is 5.26 Å². The predicted molar refractivity (Wildman–Crippen MR) is 96.7 cm³/mol. The number of carbonyl (C=O) groups excluding carboxylic acids is 1. The number of amides is 1. The second-order valence-corrected chi connectivity index (χ2v) is 5.36. The highest BCUT2D eigenvalue weighted by Crippen LogP contribution is 2.30. The Morgan fingerprint density at radius 3 is 2.62 bits per heavy atom. The number of benzene rings is 2. The van der Waals surface area contributed by atoms with E-state index in [-0.39, 0.29) is 5.91 Å². The maximum absolute atomic E-state index is 12.3. The van der Waals surface area contributed by atoms with Crippen LogP contribution < -0.4 is 15.4 Å². The second-order valence-electron chi connectivity index (χ2n) is 4.56. The third-order valence-electron chi connectivity index (χ3n) is 3.05. The molecule has 0 aliphatic rings. The number of carbonyl (C=O) groups is 1. The summed E-state index contributed by atoms with van der Waals surface area (Å²) in [5.74, 6) is 0.285. The molecule has 0 radical (unpaired) electrons. The molecule has 2 aromatic rings. The maximum Gasteiger partial charge on any atom is 0.255 e. The van der Waals surface area contributed by atoms with Crippen LogP contribution in [0.25, 0.3) is 0 Å². The lowest BCUT2D eigenvalue weighted by Crippen LogP contribution is -2.13. The van der Waals surface area contributed by atoms with Gasteiger partial charge in [0.25, 0.3) is 5.91 Å². The van der Waals surface area contributed by atoms with Crippen molar-refractivity contribution in [3.8, 4) is 11.9 Å². The Hall–Kier alpha value is -2.98. The monoisotopic (exact) mass is 340 g/mol. The van der Waals surface area contributed by atoms with E-state index in [0.29, 0.717) is 27.9 Å². The summed E-state index contributed by atoms with van der Waals surface area (Å²) < 4.78 is 5.28. The van der Waals surface area contributed by atoms with Crippen molar-refractivity contribution in [2.24, 2.45) is 4.99 Å². The standard InChI is InChI=1S/C17H16N4O2S/c1-23-15-9-8-13(20-17(24-2)19-11-18)10-14(15)21-16(22)12-6-4-3-5-7-12/h3-10H,1-2H3,(H,19,20)(H,21,22). The number of hydrogen-bond donors (Lipinski definition) is 2. The lowest BCUT2D eigenvalue weighted by atomic mass is 10.2. The molecule has 0 aliphatic carbocycles. The summed E-state index contributed by atoms with van der Waals surface area (Å²) in [6, 6.07) is 14.0. The van der Waals surface area contributed by atoms with E-state index in [0.717, 1.165) is 0 Å². The van der Waals surface area contributed by atoms with E-state index < -0.39 is 0 Å². The lowest BCUT2D eigenvalue weighted by Gasteiger charge is -2.11. The van der Waals surface area contributed by atoms with Crippen LogP contribution >= 0.6 is 11.8 Å². The zero-order valence-electron chi connectivity index (χ0n) is 13.2. The number of aliphatic imine (C=N–C) groups is 1. The summed E-state index contributed by atoms with van der Waals surface area (Å²) in [6.07, 6.45) is 3.64. The quantitative estimate of drug-likeness (QED) is 0.386. The van der Waals surface area contributed by atoms with Crippen LogP contribution in [0.15, 0.2) is 53.5 Å². The molecule has 6 nitrogen and oxygen atoms in total. The van der Waals surface area contributed by atoms with Crippen LogP contribution in [0.1, 0.15) is 10.4 Å². The van der Waals surface area contributed by atoms with Crippen molar-refractivity contribution in [3.05, 3.63) is 54.1 Å². The molecule has 0 saturated carbocycles. The molecule has 0 aliphatic heterocycles. The number of nitrogens with one attached hydrogen (secondary N) is 2. The summed E-state index contributed by atoms with van der Waals surface area (Å²) in [4.78, 5) is 16.6. The summed E-state index contributed by atoms with van der Waals surface area (Å²) in [5, 5.41) is 14.5. The molecule has 2 rings (SSSR count). The normalized spacial score (nSPS) is 10.6. The fourth-order valence-corrected chi connectivity index (χ4v) is 2.28. The van der Waals surface area contributed by atoms with E-state index in [1.54, 1.807) is 42.5 Å². The van der Waals surface area contributed by atoms with E-state index in [1.165, 1.54) is 18.9 Å². The average Bonchev–Trinajstić information content (AvgIpc) is 2.62. The molecule has 2 N–H and O–H groups in total. The predicted octanol–water partition coefficient (Wildman–Crippen LogP) is 3.37. The summed E-state index contributed by atoms with van der Waals surface area (Å²) in [5.41, 5.74) is 1.64. The second kappa shape index (κ2) is 8.60. The van der Waals surface area contributed by atoms with Gasteiger partial charge in [-0.05, 0) is 36.6 Å². The van der Waals surface area contributed by atoms with Gasteiger partial charge in [-0.1, -0.05) is 30.0 Å². The molecule has 0 heterocycles. The fraction of sp³-hybridized carbons (Fsp3) is 0.118. The Morgan fingerprint density at radius 1 is 1.25 bits per heavy atom. The molecule has 0 fully saturated rings. The molecule has 0 unspecified atom stereocenters. The van der Waals surface area contributed by atoms with Crippen molar-refractivity contribution in [1.82, 2.24) is 5.32 Å². The first-order valence-electron chi connectivity index (χ1n) is 7.00. The first-order valence-corrected chi connectivity index (χ1v) is 8.22. The van der Waals surface area contributed by atoms with E-state index in [2.05, 4.69) is 15.6 Å². The molecule has 24 heavy (non-hydrogen) atoms. The molecule has 7 heteroatoms. The average molecular weight is 340 g/mol. The molecule has 0 bridgehead atoms. The number of amidine groups is 1. The molecular formula is C17H16N4O2S. The minimum Gasteiger partial charge on any atom is -0.495 e. The molecule has 1 amide bonds. The summed E-state index contributed by atoms with van der Waals surface area (Å²) in [7, 11) is 1.53. The van der Waals surface area contributed by atoms with Crippen molar-refractivity contribution < 1.29 is 9.53 Å². The smallest absolute Gasteiger partial charge is 0.255 e. The largest absolute Gasteiger partial charge is 0.495 e. The van der Waals surface area contributed by atoms with Crippen LogP contribution in [-0.2, 0) is 0 Å². The molecule has 122 valence electrons. The van der Waals surface area contributed by atoms with Gasteiger partial charge < -0.3 is 10.1 Å². The zero-order valence-corrected chi connectivity index (χ0v) is 14.1. The van der Waals surface area contributed by atoms with Crippen molar-refractivity contribution in [2.45, 2.75) is 0 Å². The first kappa shape index (κ1) is 17.4. The third-order valence-corrected chi connectivity index (χ3v) is 3.63. The summed E-state index contributed by atoms with van der Waals surface area (Å²) in [6.45, 7) is 0. The van der Waals surface area contributed by atoms with Crippen LogP contribution in [0.2, 0.25) is 0 Å². The highest BCUT2D eigenvalue weighted by atomic mass is 32.2. The van der Waals surface area contributed by atoms with Gasteiger partial charge in [0.05, 0.1) is 18.5 Å². The van der Waals surface area contributed by atoms with Crippen molar-refractivity contribution in [1.29, 1.82) is 5.26 Å². The number of nitrogens with zero attached hydrogens (tertiary/aromatic N) is 2. The number of hydrogen-bond acceptors (Lipinski definition) is 5. The van der Waals surface area contributed by atoms with Crippen LogP contribution in [0.3, 0.4) is 0 Å². The number of methoxy groups -OCH3 is 1. The van der Waals surface area contributed by atoms with Crippen LogP contribution in [0.5, 0.6) is 5.75 Å². The van der Waals surface area contributed by atoms with Crippen LogP contribution in [0.4, 0.5) is 11.4 Å². The van der Waals surface area contributed by atoms with Gasteiger partial charge in [0.15, 0.2) is 11.4 Å². The molecule has 0 spiro atoms. The SMILES string of the molecule is COc1ccc(N=C(NC#N)SC)cc1NC(=O)c1ccccc1.